The van der Waals surface area contributed by atoms with Gasteiger partial charge in [-0.1, -0.05) is 0 Å². The van der Waals surface area contributed by atoms with E-state index in [1.54, 1.807) is 0 Å². The number of benzene rings is 1. The zero-order valence-electron chi connectivity index (χ0n) is 15.1. The summed E-state index contributed by atoms with van der Waals surface area (Å²) in [5.74, 6) is 1.14. The topological polar surface area (TPSA) is 82.7 Å². The number of imidazole rings is 1. The second-order valence-corrected chi connectivity index (χ2v) is 7.24. The van der Waals surface area contributed by atoms with Gasteiger partial charge in [-0.05, 0) is 74.9 Å². The third kappa shape index (κ3) is 3.12. The van der Waals surface area contributed by atoms with Crippen LogP contribution in [-0.4, -0.2) is 37.0 Å². The molecule has 1 fully saturated rings. The van der Waals surface area contributed by atoms with Gasteiger partial charge < -0.3 is 15.5 Å². The average Bonchev–Trinajstić information content (AvgIpc) is 3.04. The number of aromatic nitrogens is 3. The molecule has 0 amide bonds. The SMILES string of the molecule is Cc1cc(-c2cnc3ccc(NC4CCC(O)CC4)nn23)cc(C)c1O. The van der Waals surface area contributed by atoms with E-state index in [4.69, 9.17) is 5.10 Å². The van der Waals surface area contributed by atoms with Crippen molar-refractivity contribution in [1.29, 1.82) is 0 Å². The van der Waals surface area contributed by atoms with Gasteiger partial charge in [-0.25, -0.2) is 9.50 Å². The van der Waals surface area contributed by atoms with Crippen LogP contribution in [0.4, 0.5) is 5.82 Å². The van der Waals surface area contributed by atoms with E-state index < -0.39 is 0 Å². The highest BCUT2D eigenvalue weighted by Gasteiger charge is 2.20. The minimum absolute atomic E-state index is 0.162. The molecule has 3 aromatic rings. The van der Waals surface area contributed by atoms with Crippen LogP contribution in [0.5, 0.6) is 5.75 Å². The average molecular weight is 352 g/mol. The quantitative estimate of drug-likeness (QED) is 0.673. The maximum atomic E-state index is 10.0. The fourth-order valence-corrected chi connectivity index (χ4v) is 3.68. The molecule has 0 atom stereocenters. The van der Waals surface area contributed by atoms with Crippen LogP contribution < -0.4 is 5.32 Å². The highest BCUT2D eigenvalue weighted by atomic mass is 16.3. The van der Waals surface area contributed by atoms with E-state index in [0.29, 0.717) is 11.8 Å². The van der Waals surface area contributed by atoms with Gasteiger partial charge in [0.2, 0.25) is 0 Å². The molecule has 2 aromatic heterocycles. The molecule has 0 spiro atoms. The zero-order valence-corrected chi connectivity index (χ0v) is 15.1. The second kappa shape index (κ2) is 6.61. The normalized spacial score (nSPS) is 20.4. The molecule has 6 nitrogen and oxygen atoms in total. The van der Waals surface area contributed by atoms with Crippen molar-refractivity contribution >= 4 is 11.5 Å². The number of aliphatic hydroxyl groups excluding tert-OH is 1. The molecule has 3 N–H and O–H groups in total. The number of nitrogens with one attached hydrogen (secondary N) is 1. The molecule has 1 aliphatic carbocycles. The molecule has 6 heteroatoms. The van der Waals surface area contributed by atoms with Crippen LogP contribution in [0.25, 0.3) is 16.9 Å². The number of rotatable bonds is 3. The first-order valence-electron chi connectivity index (χ1n) is 9.11. The Morgan fingerprint density at radius 3 is 2.46 bits per heavy atom. The number of nitrogens with zero attached hydrogens (tertiary/aromatic N) is 3. The van der Waals surface area contributed by atoms with Crippen molar-refractivity contribution in [3.8, 4) is 17.0 Å². The second-order valence-electron chi connectivity index (χ2n) is 7.24. The Morgan fingerprint density at radius 1 is 1.08 bits per heavy atom. The molecule has 0 aliphatic heterocycles. The molecule has 0 bridgehead atoms. The molecular formula is C20H24N4O2. The third-order valence-corrected chi connectivity index (χ3v) is 5.20. The maximum absolute atomic E-state index is 10.0. The molecule has 0 radical (unpaired) electrons. The lowest BCUT2D eigenvalue weighted by Crippen LogP contribution is -2.28. The van der Waals surface area contributed by atoms with Gasteiger partial charge in [0.05, 0.1) is 18.0 Å². The standard InChI is InChI=1S/C20H24N4O2/c1-12-9-14(10-13(2)20(12)26)17-11-21-19-8-7-18(23-24(17)19)22-15-3-5-16(25)6-4-15/h7-11,15-16,25-26H,3-6H2,1-2H3,(H,22,23). The molecular weight excluding hydrogens is 328 g/mol. The van der Waals surface area contributed by atoms with Crippen LogP contribution in [0, 0.1) is 13.8 Å². The van der Waals surface area contributed by atoms with Gasteiger partial charge in [0.1, 0.15) is 11.6 Å². The lowest BCUT2D eigenvalue weighted by atomic mass is 9.93. The third-order valence-electron chi connectivity index (χ3n) is 5.20. The van der Waals surface area contributed by atoms with E-state index in [9.17, 15) is 10.2 Å². The van der Waals surface area contributed by atoms with Crippen molar-refractivity contribution in [2.24, 2.45) is 0 Å². The number of aliphatic hydroxyl groups is 1. The first-order chi connectivity index (χ1) is 12.5. The molecule has 2 heterocycles. The van der Waals surface area contributed by atoms with Crippen LogP contribution >= 0.6 is 0 Å². The summed E-state index contributed by atoms with van der Waals surface area (Å²) in [7, 11) is 0. The summed E-state index contributed by atoms with van der Waals surface area (Å²) in [5.41, 5.74) is 4.34. The number of aryl methyl sites for hydroxylation is 2. The Labute approximate surface area is 152 Å². The van der Waals surface area contributed by atoms with Gasteiger partial charge in [-0.15, -0.1) is 5.10 Å². The van der Waals surface area contributed by atoms with Gasteiger partial charge in [0, 0.05) is 11.6 Å². The van der Waals surface area contributed by atoms with Gasteiger partial charge in [0.15, 0.2) is 5.65 Å². The van der Waals surface area contributed by atoms with Crippen molar-refractivity contribution in [2.75, 3.05) is 5.32 Å². The van der Waals surface area contributed by atoms with E-state index in [1.165, 1.54) is 0 Å². The van der Waals surface area contributed by atoms with E-state index >= 15 is 0 Å². The monoisotopic (exact) mass is 352 g/mol. The summed E-state index contributed by atoms with van der Waals surface area (Å²) < 4.78 is 1.84. The predicted octanol–water partition coefficient (Wildman–Crippen LogP) is 3.43. The highest BCUT2D eigenvalue weighted by Crippen LogP contribution is 2.29. The maximum Gasteiger partial charge on any atom is 0.154 e. The van der Waals surface area contributed by atoms with E-state index in [-0.39, 0.29) is 6.10 Å². The Kier molecular flexibility index (Phi) is 4.28. The molecule has 0 unspecified atom stereocenters. The van der Waals surface area contributed by atoms with Crippen molar-refractivity contribution in [2.45, 2.75) is 51.7 Å². The van der Waals surface area contributed by atoms with Crippen molar-refractivity contribution in [3.63, 3.8) is 0 Å². The fourth-order valence-electron chi connectivity index (χ4n) is 3.68. The molecule has 4 rings (SSSR count). The van der Waals surface area contributed by atoms with Crippen LogP contribution in [0.1, 0.15) is 36.8 Å². The Morgan fingerprint density at radius 2 is 1.77 bits per heavy atom. The van der Waals surface area contributed by atoms with Crippen LogP contribution in [-0.2, 0) is 0 Å². The van der Waals surface area contributed by atoms with Crippen molar-refractivity contribution < 1.29 is 10.2 Å². The number of aromatic hydroxyl groups is 1. The summed E-state index contributed by atoms with van der Waals surface area (Å²) >= 11 is 0. The Balaban J connectivity index is 1.67. The van der Waals surface area contributed by atoms with E-state index in [0.717, 1.165) is 59.5 Å². The molecule has 1 aromatic carbocycles. The van der Waals surface area contributed by atoms with Crippen LogP contribution in [0.15, 0.2) is 30.5 Å². The number of fused-ring (bicyclic) bond motifs is 1. The number of hydrogen-bond donors (Lipinski definition) is 3. The highest BCUT2D eigenvalue weighted by molar-refractivity contribution is 5.67. The smallest absolute Gasteiger partial charge is 0.154 e. The van der Waals surface area contributed by atoms with Gasteiger partial charge in [-0.3, -0.25) is 0 Å². The summed E-state index contributed by atoms with van der Waals surface area (Å²) in [6.07, 6.45) is 5.23. The lowest BCUT2D eigenvalue weighted by molar-refractivity contribution is 0.126. The number of anilines is 1. The Bertz CT molecular complexity index is 919. The van der Waals surface area contributed by atoms with Gasteiger partial charge in [0.25, 0.3) is 0 Å². The summed E-state index contributed by atoms with van der Waals surface area (Å²) in [5, 5.41) is 27.9. The first kappa shape index (κ1) is 16.8. The summed E-state index contributed by atoms with van der Waals surface area (Å²) in [6.45, 7) is 3.79. The summed E-state index contributed by atoms with van der Waals surface area (Å²) in [4.78, 5) is 4.45. The molecule has 136 valence electrons. The fraction of sp³-hybridized carbons (Fsp3) is 0.400. The number of phenolic OH excluding ortho intramolecular Hbond substituents is 1. The Hall–Kier alpha value is -2.60. The molecule has 1 saturated carbocycles. The van der Waals surface area contributed by atoms with Crippen molar-refractivity contribution in [3.05, 3.63) is 41.6 Å². The minimum Gasteiger partial charge on any atom is -0.507 e. The zero-order chi connectivity index (χ0) is 18.3. The molecule has 26 heavy (non-hydrogen) atoms. The van der Waals surface area contributed by atoms with Crippen LogP contribution in [0.2, 0.25) is 0 Å². The van der Waals surface area contributed by atoms with E-state index in [1.807, 2.05) is 48.8 Å². The van der Waals surface area contributed by atoms with Crippen LogP contribution in [0.3, 0.4) is 0 Å². The number of phenols is 1. The largest absolute Gasteiger partial charge is 0.507 e. The van der Waals surface area contributed by atoms with Gasteiger partial charge in [-0.2, -0.15) is 0 Å². The molecule has 0 saturated heterocycles. The van der Waals surface area contributed by atoms with E-state index in [2.05, 4.69) is 10.3 Å². The lowest BCUT2D eigenvalue weighted by Gasteiger charge is -2.26. The minimum atomic E-state index is -0.162. The summed E-state index contributed by atoms with van der Waals surface area (Å²) in [6, 6.07) is 8.15. The van der Waals surface area contributed by atoms with Crippen molar-refractivity contribution in [1.82, 2.24) is 14.6 Å². The van der Waals surface area contributed by atoms with Gasteiger partial charge >= 0.3 is 0 Å². The molecule has 1 aliphatic rings. The first-order valence-corrected chi connectivity index (χ1v) is 9.11. The predicted molar refractivity (Wildman–Crippen MR) is 101 cm³/mol. The number of hydrogen-bond acceptors (Lipinski definition) is 5.